The summed E-state index contributed by atoms with van der Waals surface area (Å²) in [5.41, 5.74) is 0.307. The standard InChI is InChI=1S/C16H34N2O2/c1-14-7-8-17-15(16(2,3)4)13-18(14)9-12-20-11-6-10-19-5/h14-15,17H,6-13H2,1-5H3. The van der Waals surface area contributed by atoms with Gasteiger partial charge in [-0.05, 0) is 31.7 Å². The van der Waals surface area contributed by atoms with Gasteiger partial charge in [0.1, 0.15) is 0 Å². The number of nitrogens with zero attached hydrogens (tertiary/aromatic N) is 1. The zero-order valence-corrected chi connectivity index (χ0v) is 14.1. The van der Waals surface area contributed by atoms with Crippen molar-refractivity contribution in [1.82, 2.24) is 10.2 Å². The molecule has 0 saturated carbocycles. The van der Waals surface area contributed by atoms with Crippen molar-refractivity contribution in [2.24, 2.45) is 5.41 Å². The maximum Gasteiger partial charge on any atom is 0.0593 e. The fraction of sp³-hybridized carbons (Fsp3) is 1.00. The van der Waals surface area contributed by atoms with Crippen LogP contribution in [0.4, 0.5) is 0 Å². The van der Waals surface area contributed by atoms with Crippen LogP contribution in [0.25, 0.3) is 0 Å². The van der Waals surface area contributed by atoms with Gasteiger partial charge in [-0.15, -0.1) is 0 Å². The Kier molecular flexibility index (Phi) is 8.03. The smallest absolute Gasteiger partial charge is 0.0593 e. The maximum absolute atomic E-state index is 5.71. The molecule has 1 fully saturated rings. The summed E-state index contributed by atoms with van der Waals surface area (Å²) in [6.07, 6.45) is 2.20. The Morgan fingerprint density at radius 3 is 2.60 bits per heavy atom. The first kappa shape index (κ1) is 17.9. The van der Waals surface area contributed by atoms with Gasteiger partial charge in [0.05, 0.1) is 6.61 Å². The summed E-state index contributed by atoms with van der Waals surface area (Å²) < 4.78 is 10.7. The summed E-state index contributed by atoms with van der Waals surface area (Å²) in [6, 6.07) is 1.19. The van der Waals surface area contributed by atoms with Crippen LogP contribution in [-0.2, 0) is 9.47 Å². The second-order valence-corrected chi connectivity index (χ2v) is 6.96. The van der Waals surface area contributed by atoms with Gasteiger partial charge >= 0.3 is 0 Å². The van der Waals surface area contributed by atoms with E-state index in [1.165, 1.54) is 6.42 Å². The van der Waals surface area contributed by atoms with E-state index >= 15 is 0 Å². The van der Waals surface area contributed by atoms with Crippen molar-refractivity contribution in [3.63, 3.8) is 0 Å². The van der Waals surface area contributed by atoms with E-state index in [2.05, 4.69) is 37.9 Å². The van der Waals surface area contributed by atoms with Crippen LogP contribution in [0.5, 0.6) is 0 Å². The van der Waals surface area contributed by atoms with Crippen molar-refractivity contribution in [3.8, 4) is 0 Å². The number of ether oxygens (including phenoxy) is 2. The Morgan fingerprint density at radius 2 is 1.95 bits per heavy atom. The van der Waals surface area contributed by atoms with Crippen molar-refractivity contribution in [3.05, 3.63) is 0 Å². The van der Waals surface area contributed by atoms with Gasteiger partial charge in [0, 0.05) is 45.5 Å². The zero-order chi connectivity index (χ0) is 15.0. The molecule has 1 aliphatic rings. The molecule has 1 aliphatic heterocycles. The average Bonchev–Trinajstić information content (AvgIpc) is 2.56. The SMILES string of the molecule is COCCCOCCN1CC(C(C)(C)C)NCCC1C. The molecule has 0 bridgehead atoms. The summed E-state index contributed by atoms with van der Waals surface area (Å²) in [5, 5.41) is 3.70. The van der Waals surface area contributed by atoms with Gasteiger partial charge < -0.3 is 14.8 Å². The van der Waals surface area contributed by atoms with E-state index in [-0.39, 0.29) is 0 Å². The normalized spacial score (nSPS) is 25.6. The van der Waals surface area contributed by atoms with E-state index in [9.17, 15) is 0 Å². The molecule has 0 aromatic rings. The second-order valence-electron chi connectivity index (χ2n) is 6.96. The second kappa shape index (κ2) is 8.98. The van der Waals surface area contributed by atoms with Crippen LogP contribution in [0.2, 0.25) is 0 Å². The van der Waals surface area contributed by atoms with Gasteiger partial charge in [-0.25, -0.2) is 0 Å². The summed E-state index contributed by atoms with van der Waals surface area (Å²) in [6.45, 7) is 15.0. The van der Waals surface area contributed by atoms with E-state index in [1.54, 1.807) is 7.11 Å². The molecule has 0 amide bonds. The highest BCUT2D eigenvalue weighted by atomic mass is 16.5. The van der Waals surface area contributed by atoms with Crippen molar-refractivity contribution in [2.45, 2.75) is 52.6 Å². The van der Waals surface area contributed by atoms with Gasteiger partial charge in [-0.1, -0.05) is 20.8 Å². The lowest BCUT2D eigenvalue weighted by Crippen LogP contribution is -2.48. The van der Waals surface area contributed by atoms with Crippen molar-refractivity contribution >= 4 is 0 Å². The molecule has 1 heterocycles. The monoisotopic (exact) mass is 286 g/mol. The third-order valence-electron chi connectivity index (χ3n) is 4.20. The van der Waals surface area contributed by atoms with Crippen LogP contribution in [0.3, 0.4) is 0 Å². The van der Waals surface area contributed by atoms with E-state index in [1.807, 2.05) is 0 Å². The Morgan fingerprint density at radius 1 is 1.20 bits per heavy atom. The van der Waals surface area contributed by atoms with Crippen molar-refractivity contribution in [1.29, 1.82) is 0 Å². The molecule has 2 atom stereocenters. The lowest BCUT2D eigenvalue weighted by molar-refractivity contribution is 0.0688. The number of methoxy groups -OCH3 is 1. The molecule has 1 saturated heterocycles. The first-order valence-electron chi connectivity index (χ1n) is 7.99. The molecule has 0 aliphatic carbocycles. The minimum absolute atomic E-state index is 0.307. The number of hydrogen-bond acceptors (Lipinski definition) is 4. The van der Waals surface area contributed by atoms with Gasteiger partial charge in [0.15, 0.2) is 0 Å². The molecular formula is C16H34N2O2. The molecule has 0 spiro atoms. The Labute approximate surface area is 125 Å². The number of rotatable bonds is 7. The highest BCUT2D eigenvalue weighted by molar-refractivity contribution is 4.88. The lowest BCUT2D eigenvalue weighted by Gasteiger charge is -2.35. The zero-order valence-electron chi connectivity index (χ0n) is 14.1. The van der Waals surface area contributed by atoms with Crippen LogP contribution in [-0.4, -0.2) is 63.5 Å². The van der Waals surface area contributed by atoms with Crippen molar-refractivity contribution in [2.75, 3.05) is 46.6 Å². The molecule has 4 nitrogen and oxygen atoms in total. The van der Waals surface area contributed by atoms with E-state index in [0.29, 0.717) is 17.5 Å². The Balaban J connectivity index is 2.33. The third-order valence-corrected chi connectivity index (χ3v) is 4.20. The summed E-state index contributed by atoms with van der Waals surface area (Å²) in [7, 11) is 1.73. The molecule has 2 unspecified atom stereocenters. The predicted octanol–water partition coefficient (Wildman–Crippen LogP) is 2.14. The third kappa shape index (κ3) is 6.53. The molecule has 0 radical (unpaired) electrons. The average molecular weight is 286 g/mol. The molecule has 0 aromatic carbocycles. The minimum atomic E-state index is 0.307. The van der Waals surface area contributed by atoms with Crippen LogP contribution in [0, 0.1) is 5.41 Å². The predicted molar refractivity (Wildman–Crippen MR) is 84.2 cm³/mol. The summed E-state index contributed by atoms with van der Waals surface area (Å²) in [4.78, 5) is 2.58. The van der Waals surface area contributed by atoms with Crippen LogP contribution in [0.15, 0.2) is 0 Å². The van der Waals surface area contributed by atoms with Crippen LogP contribution < -0.4 is 5.32 Å². The number of hydrogen-bond donors (Lipinski definition) is 1. The summed E-state index contributed by atoms with van der Waals surface area (Å²) >= 11 is 0. The van der Waals surface area contributed by atoms with E-state index < -0.39 is 0 Å². The molecule has 1 rings (SSSR count). The topological polar surface area (TPSA) is 33.7 Å². The Hall–Kier alpha value is -0.160. The van der Waals surface area contributed by atoms with Gasteiger partial charge in [0.2, 0.25) is 0 Å². The van der Waals surface area contributed by atoms with Gasteiger partial charge in [-0.2, -0.15) is 0 Å². The van der Waals surface area contributed by atoms with E-state index in [4.69, 9.17) is 9.47 Å². The Bertz CT molecular complexity index is 253. The quantitative estimate of drug-likeness (QED) is 0.727. The first-order chi connectivity index (χ1) is 9.45. The molecule has 20 heavy (non-hydrogen) atoms. The molecule has 0 aromatic heterocycles. The molecule has 4 heteroatoms. The van der Waals surface area contributed by atoms with Gasteiger partial charge in [-0.3, -0.25) is 4.90 Å². The van der Waals surface area contributed by atoms with Crippen molar-refractivity contribution < 1.29 is 9.47 Å². The van der Waals surface area contributed by atoms with Crippen LogP contribution >= 0.6 is 0 Å². The highest BCUT2D eigenvalue weighted by Gasteiger charge is 2.30. The highest BCUT2D eigenvalue weighted by Crippen LogP contribution is 2.23. The minimum Gasteiger partial charge on any atom is -0.385 e. The van der Waals surface area contributed by atoms with Gasteiger partial charge in [0.25, 0.3) is 0 Å². The molecule has 1 N–H and O–H groups in total. The fourth-order valence-electron chi connectivity index (χ4n) is 2.61. The fourth-order valence-corrected chi connectivity index (χ4v) is 2.61. The number of nitrogens with one attached hydrogen (secondary N) is 1. The maximum atomic E-state index is 5.71. The molecular weight excluding hydrogens is 252 g/mol. The first-order valence-corrected chi connectivity index (χ1v) is 7.99. The lowest BCUT2D eigenvalue weighted by atomic mass is 9.86. The largest absolute Gasteiger partial charge is 0.385 e. The van der Waals surface area contributed by atoms with E-state index in [0.717, 1.165) is 45.9 Å². The van der Waals surface area contributed by atoms with Crippen LogP contribution in [0.1, 0.15) is 40.5 Å². The molecule has 120 valence electrons. The summed E-state index contributed by atoms with van der Waals surface area (Å²) in [5.74, 6) is 0.